The molecule has 2 nitrogen and oxygen atoms in total. The quantitative estimate of drug-likeness (QED) is 0.136. The summed E-state index contributed by atoms with van der Waals surface area (Å²) in [7, 11) is 0. The van der Waals surface area contributed by atoms with E-state index in [9.17, 15) is 4.79 Å². The van der Waals surface area contributed by atoms with Gasteiger partial charge in [0.2, 0.25) is 6.29 Å². The molecule has 1 rings (SSSR count). The van der Waals surface area contributed by atoms with Crippen LogP contribution in [0.1, 0.15) is 135 Å². The number of unbranched alkanes of at least 4 members (excludes halogenated alkanes) is 15. The van der Waals surface area contributed by atoms with Gasteiger partial charge in [-0.05, 0) is 44.9 Å². The van der Waals surface area contributed by atoms with E-state index in [1.165, 1.54) is 122 Å². The van der Waals surface area contributed by atoms with Crippen molar-refractivity contribution in [3.63, 3.8) is 0 Å². The van der Waals surface area contributed by atoms with Gasteiger partial charge in [0.15, 0.2) is 0 Å². The zero-order valence-corrected chi connectivity index (χ0v) is 19.7. The first-order valence-corrected chi connectivity index (χ1v) is 13.2. The van der Waals surface area contributed by atoms with Crippen molar-refractivity contribution in [3.05, 3.63) is 6.42 Å². The van der Waals surface area contributed by atoms with Crippen LogP contribution >= 0.6 is 11.6 Å². The molecular formula is C26H47ClO2. The van der Waals surface area contributed by atoms with Crippen LogP contribution in [-0.4, -0.2) is 24.4 Å². The molecule has 0 N–H and O–H groups in total. The molecule has 1 unspecified atom stereocenters. The number of ether oxygens (including phenoxy) is 1. The molecule has 0 heterocycles. The van der Waals surface area contributed by atoms with Gasteiger partial charge in [0.25, 0.3) is 0 Å². The highest BCUT2D eigenvalue weighted by Gasteiger charge is 2.13. The van der Waals surface area contributed by atoms with E-state index in [1.54, 1.807) is 0 Å². The fourth-order valence-corrected chi connectivity index (χ4v) is 4.43. The Hall–Kier alpha value is -0.0800. The van der Waals surface area contributed by atoms with Gasteiger partial charge in [0.1, 0.15) is 0 Å². The Bertz CT molecular complexity index is 342. The summed E-state index contributed by atoms with van der Waals surface area (Å²) in [6.07, 6.45) is 32.2. The van der Waals surface area contributed by atoms with Gasteiger partial charge in [-0.2, -0.15) is 0 Å². The van der Waals surface area contributed by atoms with Gasteiger partial charge in [-0.15, -0.1) is 11.6 Å². The number of alkyl halides is 1. The lowest BCUT2D eigenvalue weighted by molar-refractivity contribution is 0.0326. The number of carbonyl (C=O) groups excluding carboxylic acids is 1. The minimum Gasteiger partial charge on any atom is -0.378 e. The third-order valence-electron chi connectivity index (χ3n) is 6.22. The Balaban J connectivity index is 1.65. The summed E-state index contributed by atoms with van der Waals surface area (Å²) in [5.41, 5.74) is 0. The first-order chi connectivity index (χ1) is 14.3. The highest BCUT2D eigenvalue weighted by molar-refractivity contribution is 6.27. The van der Waals surface area contributed by atoms with Crippen LogP contribution in [0.2, 0.25) is 0 Å². The molecule has 0 aromatic rings. The molecule has 1 saturated carbocycles. The number of hydrogen-bond donors (Lipinski definition) is 0. The van der Waals surface area contributed by atoms with Gasteiger partial charge in [-0.3, -0.25) is 4.79 Å². The van der Waals surface area contributed by atoms with Crippen LogP contribution in [0.3, 0.4) is 0 Å². The summed E-state index contributed by atoms with van der Waals surface area (Å²) in [5.74, 6) is 0. The molecule has 0 aromatic heterocycles. The molecule has 170 valence electrons. The van der Waals surface area contributed by atoms with Gasteiger partial charge in [0, 0.05) is 6.61 Å². The molecular weight excluding hydrogens is 380 g/mol. The van der Waals surface area contributed by atoms with Crippen LogP contribution in [0.5, 0.6) is 0 Å². The first-order valence-electron chi connectivity index (χ1n) is 12.8. The van der Waals surface area contributed by atoms with Crippen LogP contribution in [0.25, 0.3) is 0 Å². The largest absolute Gasteiger partial charge is 0.378 e. The summed E-state index contributed by atoms with van der Waals surface area (Å²) in [5, 5.41) is -0.389. The highest BCUT2D eigenvalue weighted by Crippen LogP contribution is 2.20. The molecule has 2 radical (unpaired) electrons. The second-order valence-corrected chi connectivity index (χ2v) is 9.49. The van der Waals surface area contributed by atoms with E-state index in [1.807, 2.05) is 6.29 Å². The monoisotopic (exact) mass is 426 g/mol. The van der Waals surface area contributed by atoms with Crippen LogP contribution in [0, 0.1) is 6.42 Å². The molecule has 0 aliphatic heterocycles. The van der Waals surface area contributed by atoms with Crippen molar-refractivity contribution >= 4 is 17.9 Å². The zero-order valence-electron chi connectivity index (χ0n) is 19.0. The molecule has 1 atom stereocenters. The second kappa shape index (κ2) is 21.2. The van der Waals surface area contributed by atoms with E-state index < -0.39 is 0 Å². The molecule has 0 saturated heterocycles. The average molecular weight is 427 g/mol. The van der Waals surface area contributed by atoms with Gasteiger partial charge < -0.3 is 4.74 Å². The van der Waals surface area contributed by atoms with Gasteiger partial charge in [-0.1, -0.05) is 96.3 Å². The number of halogens is 1. The third-order valence-corrected chi connectivity index (χ3v) is 6.53. The number of hydrogen-bond acceptors (Lipinski definition) is 2. The highest BCUT2D eigenvalue weighted by atomic mass is 35.5. The second-order valence-electron chi connectivity index (χ2n) is 8.97. The maximum atomic E-state index is 10.3. The van der Waals surface area contributed by atoms with E-state index in [4.69, 9.17) is 16.3 Å². The topological polar surface area (TPSA) is 26.3 Å². The van der Waals surface area contributed by atoms with E-state index in [-0.39, 0.29) is 5.38 Å². The lowest BCUT2D eigenvalue weighted by atomic mass is 9.98. The molecule has 0 spiro atoms. The summed E-state index contributed by atoms with van der Waals surface area (Å²) < 4.78 is 5.98. The number of rotatable bonds is 21. The smallest absolute Gasteiger partial charge is 0.217 e. The first kappa shape index (κ1) is 27.0. The summed E-state index contributed by atoms with van der Waals surface area (Å²) in [4.78, 5) is 10.3. The van der Waals surface area contributed by atoms with Crippen LogP contribution in [0.15, 0.2) is 0 Å². The molecule has 0 aromatic carbocycles. The van der Waals surface area contributed by atoms with E-state index in [0.717, 1.165) is 19.4 Å². The molecule has 29 heavy (non-hydrogen) atoms. The normalized spacial score (nSPS) is 16.2. The summed E-state index contributed by atoms with van der Waals surface area (Å²) in [6.45, 7) is 0.984. The lowest BCUT2D eigenvalue weighted by Gasteiger charge is -2.21. The fraction of sp³-hybridized carbons (Fsp3) is 0.923. The van der Waals surface area contributed by atoms with E-state index in [2.05, 4.69) is 6.42 Å². The maximum Gasteiger partial charge on any atom is 0.217 e. The third kappa shape index (κ3) is 18.4. The summed E-state index contributed by atoms with van der Waals surface area (Å²) >= 11 is 5.74. The van der Waals surface area contributed by atoms with Gasteiger partial charge >= 0.3 is 0 Å². The van der Waals surface area contributed by atoms with Crippen molar-refractivity contribution in [2.24, 2.45) is 0 Å². The molecule has 0 bridgehead atoms. The van der Waals surface area contributed by atoms with Crippen molar-refractivity contribution in [1.82, 2.24) is 0 Å². The predicted molar refractivity (Wildman–Crippen MR) is 126 cm³/mol. The molecule has 1 aliphatic carbocycles. The van der Waals surface area contributed by atoms with Crippen molar-refractivity contribution in [2.75, 3.05) is 6.61 Å². The SMILES string of the molecule is O=[C]C(Cl)CCCCCCCCCCCCCCCCCCOC1CC[CH]CC1. The van der Waals surface area contributed by atoms with Crippen LogP contribution < -0.4 is 0 Å². The zero-order chi connectivity index (χ0) is 20.8. The van der Waals surface area contributed by atoms with Crippen molar-refractivity contribution in [3.8, 4) is 0 Å². The summed E-state index contributed by atoms with van der Waals surface area (Å²) in [6, 6.07) is 0. The Kier molecular flexibility index (Phi) is 19.7. The Morgan fingerprint density at radius 2 is 1.14 bits per heavy atom. The van der Waals surface area contributed by atoms with Crippen LogP contribution in [-0.2, 0) is 9.53 Å². The maximum absolute atomic E-state index is 10.3. The minimum atomic E-state index is -0.389. The Morgan fingerprint density at radius 3 is 1.59 bits per heavy atom. The van der Waals surface area contributed by atoms with Gasteiger partial charge in [-0.25, -0.2) is 0 Å². The van der Waals surface area contributed by atoms with E-state index in [0.29, 0.717) is 6.10 Å². The molecule has 0 amide bonds. The fourth-order valence-electron chi connectivity index (χ4n) is 4.27. The average Bonchev–Trinajstić information content (AvgIpc) is 2.75. The Labute approximate surface area is 186 Å². The van der Waals surface area contributed by atoms with Crippen molar-refractivity contribution < 1.29 is 9.53 Å². The lowest BCUT2D eigenvalue weighted by Crippen LogP contribution is -2.17. The van der Waals surface area contributed by atoms with E-state index >= 15 is 0 Å². The minimum absolute atomic E-state index is 0.389. The Morgan fingerprint density at radius 1 is 0.724 bits per heavy atom. The molecule has 1 aliphatic rings. The van der Waals surface area contributed by atoms with Crippen molar-refractivity contribution in [2.45, 2.75) is 146 Å². The van der Waals surface area contributed by atoms with Gasteiger partial charge in [0.05, 0.1) is 11.5 Å². The molecule has 3 heteroatoms. The standard InChI is InChI=1S/C26H47ClO2/c27-25(24-28)20-16-13-11-9-7-5-3-1-2-4-6-8-10-12-14-19-23-29-26-21-17-15-18-22-26/h15,25-26H,1-14,16-23H2. The predicted octanol–water partition coefficient (Wildman–Crippen LogP) is 8.50. The van der Waals surface area contributed by atoms with Crippen LogP contribution in [0.4, 0.5) is 0 Å². The van der Waals surface area contributed by atoms with Crippen molar-refractivity contribution in [1.29, 1.82) is 0 Å². The molecule has 1 fully saturated rings.